The number of nitrogens with two attached hydrogens (primary N) is 1. The third kappa shape index (κ3) is 4.93. The van der Waals surface area contributed by atoms with Crippen LogP contribution in [-0.2, 0) is 11.3 Å². The summed E-state index contributed by atoms with van der Waals surface area (Å²) in [7, 11) is 0. The molecule has 158 valence electrons. The second kappa shape index (κ2) is 9.54. The maximum atomic E-state index is 12.7. The van der Waals surface area contributed by atoms with Crippen molar-refractivity contribution in [3.05, 3.63) is 52.1 Å². The van der Waals surface area contributed by atoms with Crippen LogP contribution in [0.4, 0.5) is 22.1 Å². The fraction of sp³-hybridized carbons (Fsp3) is 0.316. The number of carbonyl (C=O) groups excluding carboxylic acids is 1. The SMILES string of the molecule is CCOC(=O)N1Cc2cccc(c2)OCC=CCCOc2nc(N)c([N+](=O)[O-])c1n2. The standard InChI is InChI=1S/C19H21N5O6/c1-2-28-19(25)23-12-13-7-6-8-14(11-13)29-9-4-3-5-10-30-18-21-16(20)15(24(26)27)17(23)22-18/h3-4,6-8,11H,2,5,9-10,12H2,1H3,(H2,20,21,22). The van der Waals surface area contributed by atoms with Crippen LogP contribution in [0.2, 0.25) is 0 Å². The molecule has 30 heavy (non-hydrogen) atoms. The summed E-state index contributed by atoms with van der Waals surface area (Å²) < 4.78 is 16.2. The number of amides is 1. The quantitative estimate of drug-likeness (QED) is 0.445. The van der Waals surface area contributed by atoms with Crippen LogP contribution < -0.4 is 20.1 Å². The van der Waals surface area contributed by atoms with E-state index in [0.717, 1.165) is 4.90 Å². The average molecular weight is 415 g/mol. The molecule has 0 saturated carbocycles. The Morgan fingerprint density at radius 3 is 2.93 bits per heavy atom. The number of fused-ring (bicyclic) bond motifs is 4. The fourth-order valence-electron chi connectivity index (χ4n) is 2.76. The van der Waals surface area contributed by atoms with Crippen molar-refractivity contribution < 1.29 is 23.9 Å². The maximum absolute atomic E-state index is 12.7. The molecule has 1 aromatic carbocycles. The lowest BCUT2D eigenvalue weighted by Gasteiger charge is -2.21. The van der Waals surface area contributed by atoms with Gasteiger partial charge in [0.1, 0.15) is 12.4 Å². The van der Waals surface area contributed by atoms with Crippen molar-refractivity contribution in [2.45, 2.75) is 19.9 Å². The third-order valence-corrected chi connectivity index (χ3v) is 4.07. The van der Waals surface area contributed by atoms with E-state index in [4.69, 9.17) is 19.9 Å². The smallest absolute Gasteiger partial charge is 0.415 e. The first kappa shape index (κ1) is 20.8. The molecule has 4 bridgehead atoms. The van der Waals surface area contributed by atoms with E-state index in [2.05, 4.69) is 9.97 Å². The number of nitrogens with zero attached hydrogens (tertiary/aromatic N) is 4. The Labute approximate surface area is 172 Å². The number of anilines is 2. The molecule has 0 atom stereocenters. The van der Waals surface area contributed by atoms with Crippen molar-refractivity contribution in [3.8, 4) is 11.8 Å². The van der Waals surface area contributed by atoms with E-state index in [1.807, 2.05) is 12.2 Å². The van der Waals surface area contributed by atoms with Crippen LogP contribution in [0.5, 0.6) is 11.8 Å². The van der Waals surface area contributed by atoms with E-state index in [-0.39, 0.29) is 31.6 Å². The van der Waals surface area contributed by atoms with Crippen LogP contribution in [0.25, 0.3) is 0 Å². The fourth-order valence-corrected chi connectivity index (χ4v) is 2.76. The van der Waals surface area contributed by atoms with Gasteiger partial charge in [-0.2, -0.15) is 9.97 Å². The Morgan fingerprint density at radius 1 is 1.33 bits per heavy atom. The minimum absolute atomic E-state index is 0.0669. The zero-order valence-electron chi connectivity index (χ0n) is 16.3. The van der Waals surface area contributed by atoms with Crippen molar-refractivity contribution in [2.75, 3.05) is 30.5 Å². The van der Waals surface area contributed by atoms with Crippen molar-refractivity contribution in [3.63, 3.8) is 0 Å². The molecule has 0 saturated heterocycles. The van der Waals surface area contributed by atoms with Gasteiger partial charge in [0.05, 0.1) is 24.7 Å². The summed E-state index contributed by atoms with van der Waals surface area (Å²) in [5.74, 6) is -0.131. The van der Waals surface area contributed by atoms with Crippen LogP contribution in [0.3, 0.4) is 0 Å². The second-order valence-electron chi connectivity index (χ2n) is 6.17. The molecule has 0 radical (unpaired) electrons. The van der Waals surface area contributed by atoms with E-state index >= 15 is 0 Å². The van der Waals surface area contributed by atoms with Crippen molar-refractivity contribution in [1.29, 1.82) is 0 Å². The van der Waals surface area contributed by atoms with Crippen LogP contribution in [0.1, 0.15) is 18.9 Å². The first-order valence-corrected chi connectivity index (χ1v) is 9.25. The van der Waals surface area contributed by atoms with E-state index < -0.39 is 22.5 Å². The molecule has 2 heterocycles. The highest BCUT2D eigenvalue weighted by Crippen LogP contribution is 2.34. The van der Waals surface area contributed by atoms with E-state index in [1.165, 1.54) is 0 Å². The lowest BCUT2D eigenvalue weighted by atomic mass is 10.2. The van der Waals surface area contributed by atoms with Crippen molar-refractivity contribution in [2.24, 2.45) is 0 Å². The average Bonchev–Trinajstić information content (AvgIpc) is 2.70. The minimum Gasteiger partial charge on any atom is -0.490 e. The van der Waals surface area contributed by atoms with E-state index in [9.17, 15) is 14.9 Å². The molecule has 2 N–H and O–H groups in total. The number of aromatic nitrogens is 2. The first-order valence-electron chi connectivity index (χ1n) is 9.25. The first-order chi connectivity index (χ1) is 14.5. The molecule has 1 aromatic heterocycles. The molecule has 1 aliphatic rings. The van der Waals surface area contributed by atoms with Crippen LogP contribution in [0, 0.1) is 10.1 Å². The molecule has 2 aromatic rings. The van der Waals surface area contributed by atoms with Crippen LogP contribution in [0.15, 0.2) is 36.4 Å². The molecule has 3 rings (SSSR count). The zero-order chi connectivity index (χ0) is 21.5. The Bertz CT molecular complexity index is 964. The van der Waals surface area contributed by atoms with Gasteiger partial charge in [0, 0.05) is 0 Å². The summed E-state index contributed by atoms with van der Waals surface area (Å²) in [6.07, 6.45) is 3.42. The van der Waals surface area contributed by atoms with Gasteiger partial charge in [-0.1, -0.05) is 24.3 Å². The molecule has 1 amide bonds. The summed E-state index contributed by atoms with van der Waals surface area (Å²) in [6.45, 7) is 2.20. The summed E-state index contributed by atoms with van der Waals surface area (Å²) in [5.41, 5.74) is 5.85. The summed E-state index contributed by atoms with van der Waals surface area (Å²) in [5, 5.41) is 11.7. The van der Waals surface area contributed by atoms with E-state index in [1.54, 1.807) is 31.2 Å². The summed E-state index contributed by atoms with van der Waals surface area (Å²) >= 11 is 0. The highest BCUT2D eigenvalue weighted by atomic mass is 16.6. The second-order valence-corrected chi connectivity index (χ2v) is 6.17. The number of benzene rings is 1. The molecule has 0 unspecified atom stereocenters. The largest absolute Gasteiger partial charge is 0.490 e. The van der Waals surface area contributed by atoms with Gasteiger partial charge >= 0.3 is 17.8 Å². The summed E-state index contributed by atoms with van der Waals surface area (Å²) in [6, 6.07) is 6.84. The van der Waals surface area contributed by atoms with Gasteiger partial charge in [-0.25, -0.2) is 4.79 Å². The molecule has 0 spiro atoms. The number of hydrogen-bond acceptors (Lipinski definition) is 9. The molecular weight excluding hydrogens is 394 g/mol. The van der Waals surface area contributed by atoms with Gasteiger partial charge in [0.2, 0.25) is 11.6 Å². The number of ether oxygens (including phenoxy) is 3. The van der Waals surface area contributed by atoms with E-state index in [0.29, 0.717) is 24.3 Å². The zero-order valence-corrected chi connectivity index (χ0v) is 16.3. The maximum Gasteiger partial charge on any atom is 0.415 e. The Kier molecular flexibility index (Phi) is 6.63. The Balaban J connectivity index is 2.14. The normalized spacial score (nSPS) is 14.0. The monoisotopic (exact) mass is 415 g/mol. The third-order valence-electron chi connectivity index (χ3n) is 4.07. The number of hydrogen-bond donors (Lipinski definition) is 1. The number of nitrogen functional groups attached to an aromatic ring is 1. The Morgan fingerprint density at radius 2 is 2.17 bits per heavy atom. The van der Waals surface area contributed by atoms with Crippen molar-refractivity contribution >= 4 is 23.4 Å². The molecular formula is C19H21N5O6. The van der Waals surface area contributed by atoms with Gasteiger partial charge < -0.3 is 19.9 Å². The number of carbonyl (C=O) groups is 1. The van der Waals surface area contributed by atoms with Gasteiger partial charge in [-0.3, -0.25) is 15.0 Å². The highest BCUT2D eigenvalue weighted by Gasteiger charge is 2.32. The molecule has 11 heteroatoms. The van der Waals surface area contributed by atoms with Gasteiger partial charge in [0.25, 0.3) is 0 Å². The lowest BCUT2D eigenvalue weighted by molar-refractivity contribution is -0.383. The number of rotatable bonds is 2. The molecule has 0 aliphatic carbocycles. The van der Waals surface area contributed by atoms with Gasteiger partial charge in [-0.15, -0.1) is 0 Å². The van der Waals surface area contributed by atoms with Crippen molar-refractivity contribution in [1.82, 2.24) is 9.97 Å². The predicted molar refractivity (Wildman–Crippen MR) is 107 cm³/mol. The molecule has 0 fully saturated rings. The van der Waals surface area contributed by atoms with Crippen LogP contribution in [-0.4, -0.2) is 40.8 Å². The Hall–Kier alpha value is -3.89. The van der Waals surface area contributed by atoms with Gasteiger partial charge in [-0.05, 0) is 31.0 Å². The number of nitro groups is 1. The minimum atomic E-state index is -0.818. The molecule has 1 aliphatic heterocycles. The molecule has 11 nitrogen and oxygen atoms in total. The topological polar surface area (TPSA) is 143 Å². The van der Waals surface area contributed by atoms with Gasteiger partial charge in [0.15, 0.2) is 0 Å². The van der Waals surface area contributed by atoms with Crippen LogP contribution >= 0.6 is 0 Å². The highest BCUT2D eigenvalue weighted by molar-refractivity contribution is 5.90. The lowest BCUT2D eigenvalue weighted by Crippen LogP contribution is -2.33. The predicted octanol–water partition coefficient (Wildman–Crippen LogP) is 2.85. The summed E-state index contributed by atoms with van der Waals surface area (Å²) in [4.78, 5) is 32.6.